The Morgan fingerprint density at radius 2 is 2.21 bits per heavy atom. The largest absolute Gasteiger partial charge is 0.399 e. The third-order valence-corrected chi connectivity index (χ3v) is 2.30. The highest BCUT2D eigenvalue weighted by Crippen LogP contribution is 2.19. The van der Waals surface area contributed by atoms with Crippen molar-refractivity contribution >= 4 is 17.7 Å². The Balaban J connectivity index is 2.93. The summed E-state index contributed by atoms with van der Waals surface area (Å²) >= 11 is 0. The predicted molar refractivity (Wildman–Crippen MR) is 59.5 cm³/mol. The fourth-order valence-corrected chi connectivity index (χ4v) is 1.36. The van der Waals surface area contributed by atoms with E-state index >= 15 is 0 Å². The zero-order valence-corrected chi connectivity index (χ0v) is 8.66. The maximum atomic E-state index is 10.4. The summed E-state index contributed by atoms with van der Waals surface area (Å²) in [6.07, 6.45) is 0.912. The smallest absolute Gasteiger partial charge is 0.139 e. The summed E-state index contributed by atoms with van der Waals surface area (Å²) in [6, 6.07) is 5.82. The minimum absolute atomic E-state index is 0.430. The highest BCUT2D eigenvalue weighted by molar-refractivity contribution is 5.64. The number of likely N-dealkylation sites (N-methyl/N-ethyl adjacent to an activating group) is 1. The lowest BCUT2D eigenvalue weighted by molar-refractivity contribution is -0.106. The van der Waals surface area contributed by atoms with Crippen molar-refractivity contribution in [2.24, 2.45) is 0 Å². The third kappa shape index (κ3) is 2.25. The first-order valence-corrected chi connectivity index (χ1v) is 4.73. The maximum absolute atomic E-state index is 10.4. The molecule has 3 heteroatoms. The van der Waals surface area contributed by atoms with Crippen LogP contribution in [0.4, 0.5) is 11.4 Å². The highest BCUT2D eigenvalue weighted by Gasteiger charge is 2.04. The Hall–Kier alpha value is -1.51. The Morgan fingerprint density at radius 1 is 1.50 bits per heavy atom. The lowest BCUT2D eigenvalue weighted by Crippen LogP contribution is -2.24. The molecule has 0 fully saturated rings. The summed E-state index contributed by atoms with van der Waals surface area (Å²) in [6.45, 7) is 5.24. The SMILES string of the molecule is CCN(CC=O)c1ccc(N)c(C)c1. The molecule has 14 heavy (non-hydrogen) atoms. The number of benzene rings is 1. The quantitative estimate of drug-likeness (QED) is 0.582. The van der Waals surface area contributed by atoms with Crippen molar-refractivity contribution in [3.63, 3.8) is 0 Å². The molecule has 0 aliphatic heterocycles. The van der Waals surface area contributed by atoms with Crippen LogP contribution in [0.5, 0.6) is 0 Å². The van der Waals surface area contributed by atoms with Crippen LogP contribution in [0.15, 0.2) is 18.2 Å². The molecule has 0 saturated heterocycles. The second-order valence-corrected chi connectivity index (χ2v) is 3.25. The number of nitrogen functional groups attached to an aromatic ring is 1. The minimum Gasteiger partial charge on any atom is -0.399 e. The van der Waals surface area contributed by atoms with Gasteiger partial charge in [-0.25, -0.2) is 0 Å². The van der Waals surface area contributed by atoms with Gasteiger partial charge in [-0.05, 0) is 37.6 Å². The standard InChI is InChI=1S/C11H16N2O/c1-3-13(6-7-14)10-4-5-11(12)9(2)8-10/h4-5,7-8H,3,6,12H2,1-2H3. The van der Waals surface area contributed by atoms with Gasteiger partial charge in [-0.3, -0.25) is 0 Å². The topological polar surface area (TPSA) is 46.3 Å². The van der Waals surface area contributed by atoms with E-state index in [1.807, 2.05) is 36.9 Å². The number of nitrogens with zero attached hydrogens (tertiary/aromatic N) is 1. The van der Waals surface area contributed by atoms with E-state index < -0.39 is 0 Å². The fourth-order valence-electron chi connectivity index (χ4n) is 1.36. The Bertz CT molecular complexity index is 323. The molecule has 1 aromatic rings. The summed E-state index contributed by atoms with van der Waals surface area (Å²) in [7, 11) is 0. The Morgan fingerprint density at radius 3 is 2.71 bits per heavy atom. The van der Waals surface area contributed by atoms with Gasteiger partial charge in [-0.2, -0.15) is 0 Å². The van der Waals surface area contributed by atoms with Crippen LogP contribution in [0, 0.1) is 6.92 Å². The normalized spacial score (nSPS) is 9.86. The van der Waals surface area contributed by atoms with Gasteiger partial charge in [0.25, 0.3) is 0 Å². The summed E-state index contributed by atoms with van der Waals surface area (Å²) in [5.74, 6) is 0. The van der Waals surface area contributed by atoms with Crippen molar-refractivity contribution < 1.29 is 4.79 Å². The molecule has 0 heterocycles. The summed E-state index contributed by atoms with van der Waals surface area (Å²) < 4.78 is 0. The van der Waals surface area contributed by atoms with Crippen molar-refractivity contribution in [1.82, 2.24) is 0 Å². The molecular weight excluding hydrogens is 176 g/mol. The van der Waals surface area contributed by atoms with E-state index in [-0.39, 0.29) is 0 Å². The average molecular weight is 192 g/mol. The molecule has 0 spiro atoms. The van der Waals surface area contributed by atoms with E-state index in [1.165, 1.54) is 0 Å². The van der Waals surface area contributed by atoms with Crippen LogP contribution >= 0.6 is 0 Å². The second-order valence-electron chi connectivity index (χ2n) is 3.25. The molecular formula is C11H16N2O. The van der Waals surface area contributed by atoms with Crippen LogP contribution < -0.4 is 10.6 Å². The maximum Gasteiger partial charge on any atom is 0.139 e. The number of hydrogen-bond donors (Lipinski definition) is 1. The first-order chi connectivity index (χ1) is 6.69. The van der Waals surface area contributed by atoms with E-state index in [4.69, 9.17) is 5.73 Å². The van der Waals surface area contributed by atoms with Gasteiger partial charge < -0.3 is 15.4 Å². The Labute approximate surface area is 84.5 Å². The van der Waals surface area contributed by atoms with Crippen molar-refractivity contribution in [2.75, 3.05) is 23.7 Å². The molecule has 3 nitrogen and oxygen atoms in total. The molecule has 0 bridgehead atoms. The lowest BCUT2D eigenvalue weighted by atomic mass is 10.1. The first kappa shape index (κ1) is 10.6. The highest BCUT2D eigenvalue weighted by atomic mass is 16.1. The number of carbonyl (C=O) groups is 1. The van der Waals surface area contributed by atoms with E-state index in [2.05, 4.69) is 0 Å². The zero-order chi connectivity index (χ0) is 10.6. The van der Waals surface area contributed by atoms with Crippen molar-refractivity contribution in [1.29, 1.82) is 0 Å². The van der Waals surface area contributed by atoms with Crippen molar-refractivity contribution in [3.05, 3.63) is 23.8 Å². The molecule has 1 aromatic carbocycles. The van der Waals surface area contributed by atoms with Crippen LogP contribution in [0.3, 0.4) is 0 Å². The van der Waals surface area contributed by atoms with Crippen molar-refractivity contribution in [3.8, 4) is 0 Å². The van der Waals surface area contributed by atoms with Crippen molar-refractivity contribution in [2.45, 2.75) is 13.8 Å². The zero-order valence-electron chi connectivity index (χ0n) is 8.66. The molecule has 2 N–H and O–H groups in total. The minimum atomic E-state index is 0.430. The number of anilines is 2. The van der Waals surface area contributed by atoms with Crippen LogP contribution in [-0.2, 0) is 4.79 Å². The number of carbonyl (C=O) groups excluding carboxylic acids is 1. The first-order valence-electron chi connectivity index (χ1n) is 4.73. The number of hydrogen-bond acceptors (Lipinski definition) is 3. The fraction of sp³-hybridized carbons (Fsp3) is 0.364. The predicted octanol–water partition coefficient (Wildman–Crippen LogP) is 1.60. The van der Waals surface area contributed by atoms with Gasteiger partial charge in [0.2, 0.25) is 0 Å². The summed E-state index contributed by atoms with van der Waals surface area (Å²) in [5.41, 5.74) is 8.60. The van der Waals surface area contributed by atoms with Gasteiger partial charge in [0.15, 0.2) is 0 Å². The molecule has 0 aliphatic rings. The molecule has 0 aliphatic carbocycles. The van der Waals surface area contributed by atoms with Gasteiger partial charge in [0, 0.05) is 17.9 Å². The van der Waals surface area contributed by atoms with E-state index in [0.29, 0.717) is 6.54 Å². The second kappa shape index (κ2) is 4.65. The third-order valence-electron chi connectivity index (χ3n) is 2.30. The number of aldehydes is 1. The van der Waals surface area contributed by atoms with Gasteiger partial charge >= 0.3 is 0 Å². The summed E-state index contributed by atoms with van der Waals surface area (Å²) in [5, 5.41) is 0. The number of nitrogens with two attached hydrogens (primary N) is 1. The molecule has 0 aromatic heterocycles. The summed E-state index contributed by atoms with van der Waals surface area (Å²) in [4.78, 5) is 12.4. The molecule has 0 amide bonds. The van der Waals surface area contributed by atoms with Gasteiger partial charge in [-0.1, -0.05) is 0 Å². The number of rotatable bonds is 4. The van der Waals surface area contributed by atoms with Crippen LogP contribution in [-0.4, -0.2) is 19.4 Å². The lowest BCUT2D eigenvalue weighted by Gasteiger charge is -2.20. The number of aryl methyl sites for hydroxylation is 1. The van der Waals surface area contributed by atoms with E-state index in [9.17, 15) is 4.79 Å². The molecule has 0 saturated carbocycles. The molecule has 0 radical (unpaired) electrons. The molecule has 0 atom stereocenters. The van der Waals surface area contributed by atoms with Gasteiger partial charge in [0.05, 0.1) is 6.54 Å². The van der Waals surface area contributed by atoms with Crippen LogP contribution in [0.1, 0.15) is 12.5 Å². The Kier molecular flexibility index (Phi) is 3.51. The average Bonchev–Trinajstić information content (AvgIpc) is 2.19. The molecule has 1 rings (SSSR count). The molecule has 0 unspecified atom stereocenters. The van der Waals surface area contributed by atoms with Crippen LogP contribution in [0.2, 0.25) is 0 Å². The van der Waals surface area contributed by atoms with Crippen LogP contribution in [0.25, 0.3) is 0 Å². The molecule has 76 valence electrons. The monoisotopic (exact) mass is 192 g/mol. The van der Waals surface area contributed by atoms with Gasteiger partial charge in [-0.15, -0.1) is 0 Å². The van der Waals surface area contributed by atoms with E-state index in [0.717, 1.165) is 29.8 Å². The van der Waals surface area contributed by atoms with Gasteiger partial charge in [0.1, 0.15) is 6.29 Å². The van der Waals surface area contributed by atoms with E-state index in [1.54, 1.807) is 0 Å².